The molecule has 44 heavy (non-hydrogen) atoms. The van der Waals surface area contributed by atoms with E-state index >= 15 is 0 Å². The number of aldehydes is 1. The topological polar surface area (TPSA) is 63.3 Å². The van der Waals surface area contributed by atoms with E-state index in [2.05, 4.69) is 102 Å². The minimum Gasteiger partial charge on any atom is -1.00 e. The highest BCUT2D eigenvalue weighted by Crippen LogP contribution is 2.58. The van der Waals surface area contributed by atoms with Crippen LogP contribution < -0.4 is 28.3 Å². The lowest BCUT2D eigenvalue weighted by atomic mass is 9.78. The molecular weight excluding hydrogens is 585 g/mol. The number of halogens is 1. The van der Waals surface area contributed by atoms with Crippen LogP contribution in [0.5, 0.6) is 5.75 Å². The first kappa shape index (κ1) is 34.8. The minimum atomic E-state index is -1.90. The number of hydrogen-bond acceptors (Lipinski definition) is 4. The molecule has 5 aromatic rings. The molecule has 1 aromatic heterocycles. The van der Waals surface area contributed by atoms with Gasteiger partial charge in [0.05, 0.1) is 5.69 Å². The molecule has 0 atom stereocenters. The Morgan fingerprint density at radius 3 is 1.39 bits per heavy atom. The summed E-state index contributed by atoms with van der Waals surface area (Å²) in [5, 5.41) is 18.5. The third-order valence-corrected chi connectivity index (χ3v) is 11.9. The second-order valence-electron chi connectivity index (χ2n) is 13.0. The molecule has 5 rings (SSSR count). The molecule has 0 saturated carbocycles. The van der Waals surface area contributed by atoms with Crippen LogP contribution in [0.2, 0.25) is 0 Å². The number of carbonyl (C=O) groups excluding carboxylic acids is 1. The van der Waals surface area contributed by atoms with Crippen molar-refractivity contribution in [1.29, 1.82) is 0 Å². The van der Waals surface area contributed by atoms with Crippen molar-refractivity contribution in [2.24, 2.45) is 0 Å². The van der Waals surface area contributed by atoms with Gasteiger partial charge in [0.25, 0.3) is 0 Å². The van der Waals surface area contributed by atoms with Gasteiger partial charge in [0.2, 0.25) is 0 Å². The van der Waals surface area contributed by atoms with Crippen molar-refractivity contribution in [3.8, 4) is 5.75 Å². The van der Waals surface area contributed by atoms with Crippen molar-refractivity contribution in [3.63, 3.8) is 0 Å². The summed E-state index contributed by atoms with van der Waals surface area (Å²) in [6, 6.07) is 38.1. The molecule has 0 unspecified atom stereocenters. The molecule has 0 aliphatic carbocycles. The fourth-order valence-electron chi connectivity index (χ4n) is 5.36. The van der Waals surface area contributed by atoms with E-state index in [-0.39, 0.29) is 23.2 Å². The average molecular weight is 628 g/mol. The molecule has 0 radical (unpaired) electrons. The Morgan fingerprint density at radius 1 is 0.705 bits per heavy atom. The van der Waals surface area contributed by atoms with Gasteiger partial charge in [0, 0.05) is 22.8 Å². The highest BCUT2D eigenvalue weighted by atomic mass is 35.5. The van der Waals surface area contributed by atoms with Gasteiger partial charge in [0.1, 0.15) is 41.4 Å². The molecule has 0 aliphatic rings. The molecule has 1 heterocycles. The van der Waals surface area contributed by atoms with E-state index in [0.717, 1.165) is 35.0 Å². The lowest BCUT2D eigenvalue weighted by Crippen LogP contribution is -3.00. The number of aromatic nitrogens is 1. The van der Waals surface area contributed by atoms with E-state index in [1.807, 2.05) is 48.5 Å². The second kappa shape index (κ2) is 14.4. The van der Waals surface area contributed by atoms with E-state index in [9.17, 15) is 9.90 Å². The van der Waals surface area contributed by atoms with Gasteiger partial charge in [-0.1, -0.05) is 101 Å². The van der Waals surface area contributed by atoms with Crippen LogP contribution in [0.1, 0.15) is 74.5 Å². The number of benzene rings is 4. The summed E-state index contributed by atoms with van der Waals surface area (Å²) >= 11 is 0. The number of aryl methyl sites for hydroxylation is 1. The first-order valence-corrected chi connectivity index (χ1v) is 16.6. The van der Waals surface area contributed by atoms with Crippen molar-refractivity contribution >= 4 is 29.5 Å². The van der Waals surface area contributed by atoms with Crippen molar-refractivity contribution < 1.29 is 26.8 Å². The molecule has 0 fully saturated rings. The van der Waals surface area contributed by atoms with E-state index in [0.29, 0.717) is 11.3 Å². The summed E-state index contributed by atoms with van der Waals surface area (Å²) < 4.78 is 5.66. The van der Waals surface area contributed by atoms with Gasteiger partial charge in [-0.3, -0.25) is 4.79 Å². The van der Waals surface area contributed by atoms with Crippen LogP contribution in [0, 0.1) is 6.92 Å². The fourth-order valence-corrected chi connectivity index (χ4v) is 9.46. The van der Waals surface area contributed by atoms with Crippen molar-refractivity contribution in [1.82, 2.24) is 5.16 Å². The Labute approximate surface area is 269 Å². The predicted molar refractivity (Wildman–Crippen MR) is 181 cm³/mol. The van der Waals surface area contributed by atoms with E-state index < -0.39 is 7.26 Å². The SMILES string of the molecule is CC(C)(C)c1cc(C=O)cc(C(C)(C)C)c1O.Cc1cc(C[P+](c2ccccc2)(c2ccccc2)c2ccccc2)on1.[Cl-]. The number of nitrogens with zero attached hydrogens (tertiary/aromatic N) is 1. The van der Waals surface area contributed by atoms with Crippen LogP contribution in [0.3, 0.4) is 0 Å². The van der Waals surface area contributed by atoms with Crippen molar-refractivity contribution in [3.05, 3.63) is 137 Å². The Hall–Kier alpha value is -3.72. The Balaban J connectivity index is 0.000000258. The molecule has 0 saturated heterocycles. The quantitative estimate of drug-likeness (QED) is 0.206. The molecule has 1 N–H and O–H groups in total. The summed E-state index contributed by atoms with van der Waals surface area (Å²) in [7, 11) is -1.90. The van der Waals surface area contributed by atoms with E-state index in [1.54, 1.807) is 12.1 Å². The van der Waals surface area contributed by atoms with Crippen LogP contribution in [0.25, 0.3) is 0 Å². The fraction of sp³-hybridized carbons (Fsp3) is 0.263. The van der Waals surface area contributed by atoms with E-state index in [4.69, 9.17) is 4.52 Å². The average Bonchev–Trinajstić information content (AvgIpc) is 3.40. The molecule has 0 amide bonds. The molecule has 0 bridgehead atoms. The highest BCUT2D eigenvalue weighted by Gasteiger charge is 2.46. The van der Waals surface area contributed by atoms with Gasteiger partial charge in [0.15, 0.2) is 5.76 Å². The van der Waals surface area contributed by atoms with Crippen LogP contribution in [-0.2, 0) is 17.0 Å². The molecular formula is C38H43ClNO3P. The zero-order valence-electron chi connectivity index (χ0n) is 26.7. The Bertz CT molecular complexity index is 1510. The number of aromatic hydroxyl groups is 1. The van der Waals surface area contributed by atoms with E-state index in [1.165, 1.54) is 15.9 Å². The zero-order valence-corrected chi connectivity index (χ0v) is 28.4. The molecule has 4 nitrogen and oxygen atoms in total. The number of phenolic OH excluding ortho intramolecular Hbond substituents is 1. The third-order valence-electron chi connectivity index (χ3n) is 7.55. The minimum absolute atomic E-state index is 0. The largest absolute Gasteiger partial charge is 1.00 e. The van der Waals surface area contributed by atoms with Crippen LogP contribution in [0.15, 0.2) is 114 Å². The predicted octanol–water partition coefficient (Wildman–Crippen LogP) is 5.28. The van der Waals surface area contributed by atoms with Crippen LogP contribution in [-0.4, -0.2) is 16.5 Å². The number of hydrogen-bond donors (Lipinski definition) is 1. The molecule has 230 valence electrons. The first-order chi connectivity index (χ1) is 20.4. The normalized spacial score (nSPS) is 11.6. The maximum Gasteiger partial charge on any atom is 0.175 e. The Kier molecular flexibility index (Phi) is 11.4. The first-order valence-electron chi connectivity index (χ1n) is 14.7. The maximum absolute atomic E-state index is 11.0. The summed E-state index contributed by atoms with van der Waals surface area (Å²) in [5.41, 5.74) is 2.84. The monoisotopic (exact) mass is 627 g/mol. The molecule has 4 aromatic carbocycles. The summed E-state index contributed by atoms with van der Waals surface area (Å²) in [4.78, 5) is 11.0. The van der Waals surface area contributed by atoms with Crippen LogP contribution in [0.4, 0.5) is 0 Å². The number of phenols is 1. The van der Waals surface area contributed by atoms with Gasteiger partial charge in [-0.25, -0.2) is 0 Å². The van der Waals surface area contributed by atoms with Gasteiger partial charge >= 0.3 is 0 Å². The summed E-state index contributed by atoms with van der Waals surface area (Å²) in [6.07, 6.45) is 1.66. The van der Waals surface area contributed by atoms with Gasteiger partial charge in [-0.2, -0.15) is 0 Å². The standard InChI is InChI=1S/C23H21NOP.C15H22O2.ClH/c1-19-17-20(25-24-19)18-26(21-11-5-2-6-12-21,22-13-7-3-8-14-22)23-15-9-4-10-16-23;1-14(2,3)11-7-10(9-16)8-12(13(11)17)15(4,5)6;/h2-17H,18H2,1H3;7-9,17H,1-6H3;1H/q+1;;/p-1. The summed E-state index contributed by atoms with van der Waals surface area (Å²) in [6.45, 7) is 14.2. The molecule has 6 heteroatoms. The summed E-state index contributed by atoms with van der Waals surface area (Å²) in [5.74, 6) is 1.25. The second-order valence-corrected chi connectivity index (χ2v) is 16.5. The Morgan fingerprint density at radius 2 is 1.09 bits per heavy atom. The van der Waals surface area contributed by atoms with Crippen LogP contribution >= 0.6 is 7.26 Å². The van der Waals surface area contributed by atoms with Crippen molar-refractivity contribution in [2.75, 3.05) is 0 Å². The third kappa shape index (κ3) is 7.86. The zero-order chi connectivity index (χ0) is 31.3. The molecule has 0 aliphatic heterocycles. The maximum atomic E-state index is 11.0. The molecule has 0 spiro atoms. The van der Waals surface area contributed by atoms with Gasteiger partial charge in [-0.05, 0) is 66.3 Å². The van der Waals surface area contributed by atoms with Gasteiger partial charge in [-0.15, -0.1) is 0 Å². The lowest BCUT2D eigenvalue weighted by molar-refractivity contribution is -0.0000177. The van der Waals surface area contributed by atoms with Gasteiger partial charge < -0.3 is 22.0 Å². The number of carbonyl (C=O) groups is 1. The number of rotatable bonds is 6. The smallest absolute Gasteiger partial charge is 0.175 e. The lowest BCUT2D eigenvalue weighted by Gasteiger charge is -2.27. The van der Waals surface area contributed by atoms with Crippen molar-refractivity contribution in [2.45, 2.75) is 65.5 Å². The highest BCUT2D eigenvalue weighted by molar-refractivity contribution is 7.95.